The van der Waals surface area contributed by atoms with Gasteiger partial charge in [0.15, 0.2) is 0 Å². The number of carbonyl (C=O) groups excluding carboxylic acids is 1. The van der Waals surface area contributed by atoms with Gasteiger partial charge in [-0.15, -0.1) is 0 Å². The Bertz CT molecular complexity index is 1490. The van der Waals surface area contributed by atoms with Gasteiger partial charge in [0.1, 0.15) is 11.5 Å². The maximum atomic E-state index is 13.6. The average molecular weight is 461 g/mol. The summed E-state index contributed by atoms with van der Waals surface area (Å²) in [5.74, 6) is -0.0155. The summed E-state index contributed by atoms with van der Waals surface area (Å²) in [5, 5.41) is 14.9. The van der Waals surface area contributed by atoms with E-state index in [1.165, 1.54) is 0 Å². The summed E-state index contributed by atoms with van der Waals surface area (Å²) < 4.78 is 6.18. The molecule has 0 saturated carbocycles. The first-order valence-corrected chi connectivity index (χ1v) is 12.2. The van der Waals surface area contributed by atoms with E-state index in [9.17, 15) is 9.90 Å². The fourth-order valence-corrected chi connectivity index (χ4v) is 4.81. The number of hydrogen-bond donors (Lipinski definition) is 1. The second-order valence-corrected chi connectivity index (χ2v) is 8.87. The van der Waals surface area contributed by atoms with E-state index < -0.39 is 0 Å². The standard InChI is InChI=1S/C32H28O3/c1-2-3-15-27(22-11-5-4-6-12-22)32(34)35-29-21-19-24-14-8-10-17-26(24)31(29)30-25-16-9-7-13-23(25)18-20-28(30)33/h4-14,16-21,27,33H,2-3,15H2,1H3/t27-/m0/s1. The van der Waals surface area contributed by atoms with Gasteiger partial charge in [-0.2, -0.15) is 0 Å². The van der Waals surface area contributed by atoms with Gasteiger partial charge in [0.2, 0.25) is 0 Å². The number of phenols is 1. The molecule has 0 spiro atoms. The van der Waals surface area contributed by atoms with Crippen LogP contribution in [0.5, 0.6) is 11.5 Å². The molecule has 5 aromatic carbocycles. The highest BCUT2D eigenvalue weighted by atomic mass is 16.5. The number of ether oxygens (including phenoxy) is 1. The van der Waals surface area contributed by atoms with Crippen LogP contribution in [0.4, 0.5) is 0 Å². The quantitative estimate of drug-likeness (QED) is 0.196. The highest BCUT2D eigenvalue weighted by Gasteiger charge is 2.25. The summed E-state index contributed by atoms with van der Waals surface area (Å²) >= 11 is 0. The van der Waals surface area contributed by atoms with Crippen molar-refractivity contribution >= 4 is 27.5 Å². The topological polar surface area (TPSA) is 46.5 Å². The van der Waals surface area contributed by atoms with Crippen molar-refractivity contribution in [2.75, 3.05) is 0 Å². The first-order chi connectivity index (χ1) is 17.2. The molecule has 174 valence electrons. The average Bonchev–Trinajstić information content (AvgIpc) is 2.90. The summed E-state index contributed by atoms with van der Waals surface area (Å²) in [5.41, 5.74) is 2.36. The lowest BCUT2D eigenvalue weighted by molar-refractivity contribution is -0.136. The highest BCUT2D eigenvalue weighted by molar-refractivity contribution is 6.10. The van der Waals surface area contributed by atoms with Gasteiger partial charge in [-0.1, -0.05) is 111 Å². The largest absolute Gasteiger partial charge is 0.507 e. The minimum atomic E-state index is -0.350. The van der Waals surface area contributed by atoms with Crippen LogP contribution in [0.15, 0.2) is 103 Å². The number of benzene rings is 5. The van der Waals surface area contributed by atoms with E-state index in [1.807, 2.05) is 97.1 Å². The van der Waals surface area contributed by atoms with Gasteiger partial charge in [0.25, 0.3) is 0 Å². The maximum Gasteiger partial charge on any atom is 0.318 e. The molecule has 0 aliphatic heterocycles. The molecule has 0 aliphatic carbocycles. The first-order valence-electron chi connectivity index (χ1n) is 12.2. The van der Waals surface area contributed by atoms with E-state index in [1.54, 1.807) is 6.07 Å². The zero-order valence-electron chi connectivity index (χ0n) is 19.8. The Labute approximate surface area is 205 Å². The van der Waals surface area contributed by atoms with Gasteiger partial charge >= 0.3 is 5.97 Å². The molecule has 3 heteroatoms. The summed E-state index contributed by atoms with van der Waals surface area (Å²) in [6, 6.07) is 33.2. The van der Waals surface area contributed by atoms with Crippen molar-refractivity contribution in [3.63, 3.8) is 0 Å². The van der Waals surface area contributed by atoms with Crippen molar-refractivity contribution in [2.45, 2.75) is 32.1 Å². The number of aromatic hydroxyl groups is 1. The first kappa shape index (κ1) is 22.7. The van der Waals surface area contributed by atoms with E-state index >= 15 is 0 Å². The van der Waals surface area contributed by atoms with Crippen molar-refractivity contribution in [2.24, 2.45) is 0 Å². The van der Waals surface area contributed by atoms with E-state index in [2.05, 4.69) is 6.92 Å². The monoisotopic (exact) mass is 460 g/mol. The molecule has 5 rings (SSSR count). The van der Waals surface area contributed by atoms with Gasteiger partial charge in [-0.3, -0.25) is 4.79 Å². The Morgan fingerprint density at radius 2 is 1.34 bits per heavy atom. The Morgan fingerprint density at radius 1 is 0.743 bits per heavy atom. The number of fused-ring (bicyclic) bond motifs is 2. The van der Waals surface area contributed by atoms with Crippen LogP contribution < -0.4 is 4.74 Å². The van der Waals surface area contributed by atoms with E-state index in [4.69, 9.17) is 4.74 Å². The van der Waals surface area contributed by atoms with E-state index in [0.29, 0.717) is 11.3 Å². The van der Waals surface area contributed by atoms with E-state index in [-0.39, 0.29) is 17.6 Å². The Kier molecular flexibility index (Phi) is 6.49. The molecule has 0 saturated heterocycles. The molecule has 5 aromatic rings. The van der Waals surface area contributed by atoms with Crippen molar-refractivity contribution < 1.29 is 14.6 Å². The highest BCUT2D eigenvalue weighted by Crippen LogP contribution is 2.45. The van der Waals surface area contributed by atoms with Crippen LogP contribution in [0.25, 0.3) is 32.7 Å². The minimum absolute atomic E-state index is 0.156. The number of esters is 1. The second-order valence-electron chi connectivity index (χ2n) is 8.87. The molecule has 0 heterocycles. The molecule has 35 heavy (non-hydrogen) atoms. The van der Waals surface area contributed by atoms with Gasteiger partial charge in [0.05, 0.1) is 5.92 Å². The van der Waals surface area contributed by atoms with Gasteiger partial charge in [-0.25, -0.2) is 0 Å². The molecule has 0 aliphatic rings. The summed E-state index contributed by atoms with van der Waals surface area (Å²) in [7, 11) is 0. The van der Waals surface area contributed by atoms with Crippen LogP contribution in [-0.2, 0) is 4.79 Å². The Hall–Kier alpha value is -4.11. The molecule has 0 amide bonds. The minimum Gasteiger partial charge on any atom is -0.507 e. The summed E-state index contributed by atoms with van der Waals surface area (Å²) in [6.07, 6.45) is 2.66. The number of unbranched alkanes of at least 4 members (excludes halogenated alkanes) is 1. The lowest BCUT2D eigenvalue weighted by Crippen LogP contribution is -2.19. The van der Waals surface area contributed by atoms with Gasteiger partial charge < -0.3 is 9.84 Å². The molecule has 0 aromatic heterocycles. The van der Waals surface area contributed by atoms with Crippen LogP contribution in [0.2, 0.25) is 0 Å². The second kappa shape index (κ2) is 10.0. The fourth-order valence-electron chi connectivity index (χ4n) is 4.81. The molecule has 1 atom stereocenters. The van der Waals surface area contributed by atoms with Crippen LogP contribution in [0, 0.1) is 0 Å². The smallest absolute Gasteiger partial charge is 0.318 e. The SMILES string of the molecule is CCCC[C@H](C(=O)Oc1ccc2ccccc2c1-c1c(O)ccc2ccccc12)c1ccccc1. The maximum absolute atomic E-state index is 13.6. The fraction of sp³-hybridized carbons (Fsp3) is 0.156. The molecule has 1 N–H and O–H groups in total. The summed E-state index contributed by atoms with van der Waals surface area (Å²) in [6.45, 7) is 2.12. The molecule has 3 nitrogen and oxygen atoms in total. The molecule has 0 fully saturated rings. The third kappa shape index (κ3) is 4.50. The molecule has 0 bridgehead atoms. The normalized spacial score (nSPS) is 12.0. The lowest BCUT2D eigenvalue weighted by atomic mass is 9.91. The molecule has 0 radical (unpaired) electrons. The third-order valence-corrected chi connectivity index (χ3v) is 6.59. The predicted octanol–water partition coefficient (Wildman–Crippen LogP) is 8.25. The van der Waals surface area contributed by atoms with Crippen LogP contribution in [-0.4, -0.2) is 11.1 Å². The molecular weight excluding hydrogens is 432 g/mol. The van der Waals surface area contributed by atoms with Gasteiger partial charge in [0, 0.05) is 11.1 Å². The summed E-state index contributed by atoms with van der Waals surface area (Å²) in [4.78, 5) is 13.6. The zero-order valence-corrected chi connectivity index (χ0v) is 19.8. The van der Waals surface area contributed by atoms with Crippen molar-refractivity contribution in [1.82, 2.24) is 0 Å². The zero-order chi connectivity index (χ0) is 24.2. The number of phenolic OH excluding ortho intramolecular Hbond substituents is 1. The van der Waals surface area contributed by atoms with Crippen LogP contribution in [0.1, 0.15) is 37.7 Å². The number of rotatable bonds is 7. The third-order valence-electron chi connectivity index (χ3n) is 6.59. The Morgan fingerprint density at radius 3 is 2.03 bits per heavy atom. The van der Waals surface area contributed by atoms with Crippen molar-refractivity contribution in [3.05, 3.63) is 109 Å². The number of hydrogen-bond acceptors (Lipinski definition) is 3. The van der Waals surface area contributed by atoms with Crippen LogP contribution in [0.3, 0.4) is 0 Å². The van der Waals surface area contributed by atoms with Gasteiger partial charge in [-0.05, 0) is 45.7 Å². The van der Waals surface area contributed by atoms with E-state index in [0.717, 1.165) is 51.9 Å². The predicted molar refractivity (Wildman–Crippen MR) is 143 cm³/mol. The Balaban J connectivity index is 1.67. The van der Waals surface area contributed by atoms with Crippen molar-refractivity contribution in [1.29, 1.82) is 0 Å². The van der Waals surface area contributed by atoms with Crippen molar-refractivity contribution in [3.8, 4) is 22.6 Å². The number of carbonyl (C=O) groups is 1. The molecule has 0 unspecified atom stereocenters. The van der Waals surface area contributed by atoms with Crippen LogP contribution >= 0.6 is 0 Å². The lowest BCUT2D eigenvalue weighted by Gasteiger charge is -2.20. The molecular formula is C32H28O3.